The molecule has 26 heavy (non-hydrogen) atoms. The summed E-state index contributed by atoms with van der Waals surface area (Å²) in [6, 6.07) is 9.62. The molecule has 0 saturated heterocycles. The number of carbonyl (C=O) groups excluding carboxylic acids is 1. The number of unbranched alkanes of at least 4 members (excludes halogenated alkanes) is 1. The number of thiazole rings is 1. The van der Waals surface area contributed by atoms with E-state index in [0.717, 1.165) is 40.7 Å². The number of rotatable bonds is 7. The molecule has 0 atom stereocenters. The number of anilines is 1. The van der Waals surface area contributed by atoms with Crippen LogP contribution in [0.1, 0.15) is 31.9 Å². The molecule has 1 N–H and O–H groups in total. The van der Waals surface area contributed by atoms with E-state index in [0.29, 0.717) is 12.2 Å². The first-order valence-electron chi connectivity index (χ1n) is 8.57. The van der Waals surface area contributed by atoms with Crippen molar-refractivity contribution in [2.75, 3.05) is 12.4 Å². The Balaban J connectivity index is 1.83. The zero-order valence-corrected chi connectivity index (χ0v) is 16.0. The van der Waals surface area contributed by atoms with E-state index in [-0.39, 0.29) is 5.91 Å². The monoisotopic (exact) mass is 370 g/mol. The molecule has 2 heterocycles. The highest BCUT2D eigenvalue weighted by Gasteiger charge is 2.14. The Morgan fingerprint density at radius 3 is 2.77 bits per heavy atom. The van der Waals surface area contributed by atoms with Gasteiger partial charge in [-0.2, -0.15) is 9.78 Å². The van der Waals surface area contributed by atoms with Crippen molar-refractivity contribution in [3.05, 3.63) is 41.4 Å². The van der Waals surface area contributed by atoms with Crippen molar-refractivity contribution in [3.63, 3.8) is 0 Å². The summed E-state index contributed by atoms with van der Waals surface area (Å²) in [6.07, 6.45) is 2.37. The smallest absolute Gasteiger partial charge is 0.225 e. The summed E-state index contributed by atoms with van der Waals surface area (Å²) in [5.74, 6) is 1.46. The average Bonchev–Trinajstić information content (AvgIpc) is 3.26. The lowest BCUT2D eigenvalue weighted by Gasteiger charge is -2.06. The van der Waals surface area contributed by atoms with Crippen LogP contribution in [-0.4, -0.2) is 27.8 Å². The lowest BCUT2D eigenvalue weighted by Crippen LogP contribution is -2.14. The Bertz CT molecular complexity index is 883. The number of nitrogens with zero attached hydrogens (tertiary/aromatic N) is 3. The summed E-state index contributed by atoms with van der Waals surface area (Å²) in [7, 11) is 1.65. The van der Waals surface area contributed by atoms with Gasteiger partial charge in [-0.15, -0.1) is 11.3 Å². The van der Waals surface area contributed by atoms with Crippen molar-refractivity contribution < 1.29 is 9.53 Å². The van der Waals surface area contributed by atoms with Crippen LogP contribution in [0.2, 0.25) is 0 Å². The lowest BCUT2D eigenvalue weighted by atomic mass is 10.2. The van der Waals surface area contributed by atoms with Gasteiger partial charge in [0.05, 0.1) is 18.5 Å². The Morgan fingerprint density at radius 2 is 2.08 bits per heavy atom. The molecule has 0 radical (unpaired) electrons. The first-order chi connectivity index (χ1) is 12.6. The van der Waals surface area contributed by atoms with E-state index in [2.05, 4.69) is 22.3 Å². The number of aromatic nitrogens is 3. The summed E-state index contributed by atoms with van der Waals surface area (Å²) in [5, 5.41) is 10.1. The van der Waals surface area contributed by atoms with Crippen molar-refractivity contribution in [1.82, 2.24) is 14.8 Å². The second-order valence-corrected chi connectivity index (χ2v) is 6.81. The van der Waals surface area contributed by atoms with Crippen molar-refractivity contribution in [2.24, 2.45) is 0 Å². The van der Waals surface area contributed by atoms with Crippen LogP contribution in [0.4, 0.5) is 5.82 Å². The van der Waals surface area contributed by atoms with Crippen molar-refractivity contribution in [3.8, 4) is 22.1 Å². The van der Waals surface area contributed by atoms with Gasteiger partial charge in [-0.25, -0.2) is 4.98 Å². The maximum absolute atomic E-state index is 12.1. The molecule has 6 nitrogen and oxygen atoms in total. The summed E-state index contributed by atoms with van der Waals surface area (Å²) in [4.78, 5) is 16.7. The van der Waals surface area contributed by atoms with Gasteiger partial charge in [-0.1, -0.05) is 13.3 Å². The highest BCUT2D eigenvalue weighted by atomic mass is 32.1. The van der Waals surface area contributed by atoms with Crippen LogP contribution < -0.4 is 10.1 Å². The second kappa shape index (κ2) is 8.14. The third-order valence-corrected chi connectivity index (χ3v) is 4.73. The predicted octanol–water partition coefficient (Wildman–Crippen LogP) is 4.44. The summed E-state index contributed by atoms with van der Waals surface area (Å²) < 4.78 is 6.88. The zero-order valence-electron chi connectivity index (χ0n) is 15.2. The standard InChI is InChI=1S/C19H22N4O2S/c1-4-5-6-18(24)21-17-11-13(2)22-23(17)19-20-16(12-26-19)14-7-9-15(25-3)10-8-14/h7-12H,4-6H2,1-3H3,(H,21,24). The minimum Gasteiger partial charge on any atom is -0.497 e. The van der Waals surface area contributed by atoms with E-state index in [9.17, 15) is 4.79 Å². The van der Waals surface area contributed by atoms with E-state index in [1.165, 1.54) is 11.3 Å². The quantitative estimate of drug-likeness (QED) is 0.667. The highest BCUT2D eigenvalue weighted by Crippen LogP contribution is 2.27. The van der Waals surface area contributed by atoms with Crippen LogP contribution in [0.15, 0.2) is 35.7 Å². The topological polar surface area (TPSA) is 69.0 Å². The molecule has 1 amide bonds. The maximum Gasteiger partial charge on any atom is 0.225 e. The maximum atomic E-state index is 12.1. The van der Waals surface area contributed by atoms with E-state index in [1.807, 2.05) is 42.6 Å². The summed E-state index contributed by atoms with van der Waals surface area (Å²) in [5.41, 5.74) is 2.70. The zero-order chi connectivity index (χ0) is 18.5. The molecule has 0 fully saturated rings. The van der Waals surface area contributed by atoms with Crippen LogP contribution in [0.25, 0.3) is 16.4 Å². The Morgan fingerprint density at radius 1 is 1.31 bits per heavy atom. The molecule has 2 aromatic heterocycles. The number of methoxy groups -OCH3 is 1. The molecule has 0 spiro atoms. The largest absolute Gasteiger partial charge is 0.497 e. The van der Waals surface area contributed by atoms with E-state index in [1.54, 1.807) is 11.8 Å². The fourth-order valence-corrected chi connectivity index (χ4v) is 3.33. The van der Waals surface area contributed by atoms with Gasteiger partial charge in [0.15, 0.2) is 0 Å². The molecule has 0 aliphatic rings. The third-order valence-electron chi connectivity index (χ3n) is 3.92. The van der Waals surface area contributed by atoms with Gasteiger partial charge in [0.2, 0.25) is 11.0 Å². The number of nitrogens with one attached hydrogen (secondary N) is 1. The van der Waals surface area contributed by atoms with Crippen LogP contribution in [-0.2, 0) is 4.79 Å². The molecular formula is C19H22N4O2S. The minimum atomic E-state index is -0.0000611. The number of hydrogen-bond acceptors (Lipinski definition) is 5. The first kappa shape index (κ1) is 18.1. The van der Waals surface area contributed by atoms with Crippen LogP contribution in [0, 0.1) is 6.92 Å². The number of benzene rings is 1. The van der Waals surface area contributed by atoms with Gasteiger partial charge in [-0.05, 0) is 37.6 Å². The number of aryl methyl sites for hydroxylation is 1. The Labute approximate surface area is 156 Å². The predicted molar refractivity (Wildman–Crippen MR) is 104 cm³/mol. The number of ether oxygens (including phenoxy) is 1. The van der Waals surface area contributed by atoms with Gasteiger partial charge in [0.1, 0.15) is 11.6 Å². The molecule has 1 aromatic carbocycles. The third kappa shape index (κ3) is 4.11. The fourth-order valence-electron chi connectivity index (χ4n) is 2.53. The van der Waals surface area contributed by atoms with Crippen LogP contribution in [0.5, 0.6) is 5.75 Å². The molecule has 0 saturated carbocycles. The van der Waals surface area contributed by atoms with Crippen LogP contribution in [0.3, 0.4) is 0 Å². The van der Waals surface area contributed by atoms with Gasteiger partial charge in [0.25, 0.3) is 0 Å². The van der Waals surface area contributed by atoms with Gasteiger partial charge < -0.3 is 10.1 Å². The molecule has 3 aromatic rings. The molecule has 0 bridgehead atoms. The van der Waals surface area contributed by atoms with Gasteiger partial charge >= 0.3 is 0 Å². The lowest BCUT2D eigenvalue weighted by molar-refractivity contribution is -0.116. The van der Waals surface area contributed by atoms with Crippen molar-refractivity contribution in [1.29, 1.82) is 0 Å². The number of hydrogen-bond donors (Lipinski definition) is 1. The number of carbonyl (C=O) groups is 1. The molecule has 7 heteroatoms. The molecule has 0 aliphatic carbocycles. The molecule has 0 aliphatic heterocycles. The molecule has 3 rings (SSSR count). The van der Waals surface area contributed by atoms with Crippen LogP contribution >= 0.6 is 11.3 Å². The molecule has 136 valence electrons. The fraction of sp³-hybridized carbons (Fsp3) is 0.316. The SMILES string of the molecule is CCCCC(=O)Nc1cc(C)nn1-c1nc(-c2ccc(OC)cc2)cs1. The number of amides is 1. The van der Waals surface area contributed by atoms with Crippen molar-refractivity contribution >= 4 is 23.1 Å². The summed E-state index contributed by atoms with van der Waals surface area (Å²) in [6.45, 7) is 3.97. The van der Waals surface area contributed by atoms with E-state index in [4.69, 9.17) is 4.74 Å². The average molecular weight is 370 g/mol. The van der Waals surface area contributed by atoms with Gasteiger partial charge in [-0.3, -0.25) is 4.79 Å². The van der Waals surface area contributed by atoms with Crippen molar-refractivity contribution in [2.45, 2.75) is 33.1 Å². The summed E-state index contributed by atoms with van der Waals surface area (Å²) >= 11 is 1.49. The molecular weight excluding hydrogens is 348 g/mol. The normalized spacial score (nSPS) is 10.7. The molecule has 0 unspecified atom stereocenters. The van der Waals surface area contributed by atoms with E-state index >= 15 is 0 Å². The Hall–Kier alpha value is -2.67. The first-order valence-corrected chi connectivity index (χ1v) is 9.45. The van der Waals surface area contributed by atoms with E-state index < -0.39 is 0 Å². The van der Waals surface area contributed by atoms with Gasteiger partial charge in [0, 0.05) is 23.4 Å². The Kier molecular flexibility index (Phi) is 5.68. The minimum absolute atomic E-state index is 0.0000611. The highest BCUT2D eigenvalue weighted by molar-refractivity contribution is 7.12. The second-order valence-electron chi connectivity index (χ2n) is 5.98.